The van der Waals surface area contributed by atoms with E-state index in [-0.39, 0.29) is 12.7 Å². The van der Waals surface area contributed by atoms with Crippen LogP contribution in [-0.2, 0) is 11.3 Å². The molecule has 0 bridgehead atoms. The Balaban J connectivity index is 1.04. The molecule has 0 aliphatic carbocycles. The summed E-state index contributed by atoms with van der Waals surface area (Å²) in [6.45, 7) is 7.22. The van der Waals surface area contributed by atoms with Crippen LogP contribution in [-0.4, -0.2) is 65.4 Å². The van der Waals surface area contributed by atoms with E-state index in [9.17, 15) is 4.79 Å². The average molecular weight is 450 g/mol. The minimum absolute atomic E-state index is 0.00853. The fourth-order valence-electron chi connectivity index (χ4n) is 3.96. The number of rotatable bonds is 7. The summed E-state index contributed by atoms with van der Waals surface area (Å²) in [6, 6.07) is 13.5. The SMILES string of the molecule is Cc1ccc(-c2noc(CN3CCN(CCC(=O)Nc4ccc5c(c4)OCO5)CC3)n2)cc1. The van der Waals surface area contributed by atoms with Crippen molar-refractivity contribution in [2.24, 2.45) is 0 Å². The van der Waals surface area contributed by atoms with E-state index in [1.54, 1.807) is 6.07 Å². The molecule has 3 aromatic rings. The van der Waals surface area contributed by atoms with Crippen LogP contribution in [0.5, 0.6) is 11.5 Å². The average Bonchev–Trinajstić information content (AvgIpc) is 3.48. The number of ether oxygens (including phenoxy) is 2. The Morgan fingerprint density at radius 3 is 2.58 bits per heavy atom. The number of aromatic nitrogens is 2. The second kappa shape index (κ2) is 9.60. The van der Waals surface area contributed by atoms with Crippen molar-refractivity contribution < 1.29 is 18.8 Å². The van der Waals surface area contributed by atoms with Gasteiger partial charge < -0.3 is 24.2 Å². The zero-order valence-corrected chi connectivity index (χ0v) is 18.6. The van der Waals surface area contributed by atoms with Gasteiger partial charge in [-0.1, -0.05) is 35.0 Å². The lowest BCUT2D eigenvalue weighted by molar-refractivity contribution is -0.116. The third-order valence-corrected chi connectivity index (χ3v) is 5.91. The van der Waals surface area contributed by atoms with Crippen LogP contribution in [0.4, 0.5) is 5.69 Å². The van der Waals surface area contributed by atoms with Gasteiger partial charge in [0.1, 0.15) is 0 Å². The minimum Gasteiger partial charge on any atom is -0.454 e. The summed E-state index contributed by atoms with van der Waals surface area (Å²) in [7, 11) is 0. The molecule has 1 N–H and O–H groups in total. The molecule has 1 saturated heterocycles. The van der Waals surface area contributed by atoms with E-state index >= 15 is 0 Å². The van der Waals surface area contributed by atoms with Crippen LogP contribution in [0.1, 0.15) is 17.9 Å². The number of nitrogens with one attached hydrogen (secondary N) is 1. The van der Waals surface area contributed by atoms with E-state index in [0.717, 1.165) is 44.0 Å². The van der Waals surface area contributed by atoms with E-state index in [4.69, 9.17) is 14.0 Å². The van der Waals surface area contributed by atoms with Gasteiger partial charge in [-0.3, -0.25) is 9.69 Å². The number of benzene rings is 2. The Morgan fingerprint density at radius 1 is 1.00 bits per heavy atom. The van der Waals surface area contributed by atoms with Crippen molar-refractivity contribution in [3.63, 3.8) is 0 Å². The van der Waals surface area contributed by atoms with Gasteiger partial charge in [0.25, 0.3) is 0 Å². The molecular weight excluding hydrogens is 422 g/mol. The van der Waals surface area contributed by atoms with Crippen LogP contribution in [0.15, 0.2) is 47.0 Å². The molecule has 0 unspecified atom stereocenters. The lowest BCUT2D eigenvalue weighted by atomic mass is 10.1. The molecule has 9 nitrogen and oxygen atoms in total. The Morgan fingerprint density at radius 2 is 1.76 bits per heavy atom. The van der Waals surface area contributed by atoms with Gasteiger partial charge in [-0.2, -0.15) is 4.98 Å². The highest BCUT2D eigenvalue weighted by Crippen LogP contribution is 2.34. The van der Waals surface area contributed by atoms with Crippen molar-refractivity contribution in [2.75, 3.05) is 44.8 Å². The predicted molar refractivity (Wildman–Crippen MR) is 122 cm³/mol. The largest absolute Gasteiger partial charge is 0.454 e. The number of anilines is 1. The van der Waals surface area contributed by atoms with Crippen molar-refractivity contribution in [1.29, 1.82) is 0 Å². The smallest absolute Gasteiger partial charge is 0.241 e. The summed E-state index contributed by atoms with van der Waals surface area (Å²) in [6.07, 6.45) is 0.442. The van der Waals surface area contributed by atoms with Gasteiger partial charge in [0, 0.05) is 56.5 Å². The van der Waals surface area contributed by atoms with Crippen LogP contribution in [0, 0.1) is 6.92 Å². The molecule has 172 valence electrons. The van der Waals surface area contributed by atoms with Crippen LogP contribution in [0.3, 0.4) is 0 Å². The Bertz CT molecular complexity index is 1110. The quantitative estimate of drug-likeness (QED) is 0.589. The number of hydrogen-bond donors (Lipinski definition) is 1. The number of nitrogens with zero attached hydrogens (tertiary/aromatic N) is 4. The Hall–Kier alpha value is -3.43. The number of carbonyl (C=O) groups is 1. The van der Waals surface area contributed by atoms with Crippen molar-refractivity contribution in [1.82, 2.24) is 19.9 Å². The number of aryl methyl sites for hydroxylation is 1. The predicted octanol–water partition coefficient (Wildman–Crippen LogP) is 2.92. The molecule has 1 fully saturated rings. The fourth-order valence-corrected chi connectivity index (χ4v) is 3.96. The molecule has 2 aromatic carbocycles. The van der Waals surface area contributed by atoms with Crippen LogP contribution < -0.4 is 14.8 Å². The van der Waals surface area contributed by atoms with Crippen molar-refractivity contribution >= 4 is 11.6 Å². The van der Waals surface area contributed by atoms with Crippen molar-refractivity contribution in [2.45, 2.75) is 19.9 Å². The van der Waals surface area contributed by atoms with Crippen LogP contribution >= 0.6 is 0 Å². The van der Waals surface area contributed by atoms with Gasteiger partial charge in [0.2, 0.25) is 24.4 Å². The standard InChI is InChI=1S/C24H27N5O4/c1-17-2-4-18(5-3-17)24-26-23(33-27-24)15-29-12-10-28(11-13-29)9-8-22(30)25-19-6-7-20-21(14-19)32-16-31-20/h2-7,14H,8-13,15-16H2,1H3,(H,25,30). The monoisotopic (exact) mass is 449 g/mol. The lowest BCUT2D eigenvalue weighted by Gasteiger charge is -2.33. The molecule has 33 heavy (non-hydrogen) atoms. The molecule has 1 amide bonds. The first-order chi connectivity index (χ1) is 16.1. The van der Waals surface area contributed by atoms with E-state index in [2.05, 4.69) is 32.2 Å². The highest BCUT2D eigenvalue weighted by atomic mass is 16.7. The van der Waals surface area contributed by atoms with Crippen LogP contribution in [0.25, 0.3) is 11.4 Å². The van der Waals surface area contributed by atoms with E-state index in [0.29, 0.717) is 36.2 Å². The molecular formula is C24H27N5O4. The summed E-state index contributed by atoms with van der Waals surface area (Å²) in [5.74, 6) is 2.61. The van der Waals surface area contributed by atoms with Gasteiger partial charge >= 0.3 is 0 Å². The van der Waals surface area contributed by atoms with Crippen molar-refractivity contribution in [3.05, 3.63) is 53.9 Å². The Labute approximate surface area is 192 Å². The molecule has 3 heterocycles. The number of hydrogen-bond acceptors (Lipinski definition) is 8. The van der Waals surface area contributed by atoms with Crippen molar-refractivity contribution in [3.8, 4) is 22.9 Å². The molecule has 0 atom stereocenters. The molecule has 2 aliphatic rings. The topological polar surface area (TPSA) is 93.0 Å². The van der Waals surface area contributed by atoms with E-state index in [1.807, 2.05) is 36.4 Å². The summed E-state index contributed by atoms with van der Waals surface area (Å²) in [5, 5.41) is 7.05. The van der Waals surface area contributed by atoms with E-state index in [1.165, 1.54) is 5.56 Å². The fraction of sp³-hybridized carbons (Fsp3) is 0.375. The zero-order valence-electron chi connectivity index (χ0n) is 18.6. The highest BCUT2D eigenvalue weighted by Gasteiger charge is 2.20. The molecule has 2 aliphatic heterocycles. The molecule has 5 rings (SSSR count). The van der Waals surface area contributed by atoms with Gasteiger partial charge in [-0.25, -0.2) is 0 Å². The summed E-state index contributed by atoms with van der Waals surface area (Å²) >= 11 is 0. The van der Waals surface area contributed by atoms with Gasteiger partial charge in [0.15, 0.2) is 11.5 Å². The number of carbonyl (C=O) groups excluding carboxylic acids is 1. The molecule has 0 saturated carbocycles. The van der Waals surface area contributed by atoms with Gasteiger partial charge in [-0.15, -0.1) is 0 Å². The number of piperazine rings is 1. The van der Waals surface area contributed by atoms with Gasteiger partial charge in [0.05, 0.1) is 6.54 Å². The minimum atomic E-state index is -0.00853. The maximum atomic E-state index is 12.4. The Kier molecular flexibility index (Phi) is 6.23. The molecule has 0 spiro atoms. The lowest BCUT2D eigenvalue weighted by Crippen LogP contribution is -2.46. The highest BCUT2D eigenvalue weighted by molar-refractivity contribution is 5.91. The van der Waals surface area contributed by atoms with Crippen LogP contribution in [0.2, 0.25) is 0 Å². The zero-order chi connectivity index (χ0) is 22.6. The summed E-state index contributed by atoms with van der Waals surface area (Å²) < 4.78 is 16.1. The normalized spacial score (nSPS) is 16.2. The second-order valence-corrected chi connectivity index (χ2v) is 8.36. The maximum absolute atomic E-state index is 12.4. The van der Waals surface area contributed by atoms with E-state index < -0.39 is 0 Å². The van der Waals surface area contributed by atoms with Gasteiger partial charge in [-0.05, 0) is 19.1 Å². The molecule has 1 aromatic heterocycles. The number of fused-ring (bicyclic) bond motifs is 1. The summed E-state index contributed by atoms with van der Waals surface area (Å²) in [4.78, 5) is 21.5. The first-order valence-corrected chi connectivity index (χ1v) is 11.2. The molecule has 0 radical (unpaired) electrons. The third-order valence-electron chi connectivity index (χ3n) is 5.91. The second-order valence-electron chi connectivity index (χ2n) is 8.36. The molecule has 9 heteroatoms. The summed E-state index contributed by atoms with van der Waals surface area (Å²) in [5.41, 5.74) is 2.88. The first-order valence-electron chi connectivity index (χ1n) is 11.2. The first kappa shape index (κ1) is 21.4. The third kappa shape index (κ3) is 5.32. The number of amides is 1. The maximum Gasteiger partial charge on any atom is 0.241 e.